The molecular weight excluding hydrogens is 158 g/mol. The van der Waals surface area contributed by atoms with Gasteiger partial charge in [0.15, 0.2) is 0 Å². The van der Waals surface area contributed by atoms with Gasteiger partial charge in [-0.3, -0.25) is 0 Å². The molecule has 0 aromatic rings. The molecule has 4 atom stereocenters. The predicted octanol–water partition coefficient (Wildman–Crippen LogP) is 3.29. The van der Waals surface area contributed by atoms with E-state index in [1.807, 2.05) is 0 Å². The molecule has 4 unspecified atom stereocenters. The molecule has 0 aliphatic rings. The van der Waals surface area contributed by atoms with Crippen molar-refractivity contribution in [3.05, 3.63) is 0 Å². The summed E-state index contributed by atoms with van der Waals surface area (Å²) in [6.07, 6.45) is 2.52. The quantitative estimate of drug-likeness (QED) is 0.675. The molecule has 0 aromatic carbocycles. The van der Waals surface area contributed by atoms with Gasteiger partial charge in [0, 0.05) is 0 Å². The summed E-state index contributed by atoms with van der Waals surface area (Å²) in [6.45, 7) is 12.4. The molecule has 0 radical (unpaired) electrons. The molecule has 80 valence electrons. The van der Waals surface area contributed by atoms with Crippen LogP contribution in [0.2, 0.25) is 0 Å². The second-order valence-electron chi connectivity index (χ2n) is 4.53. The molecule has 0 aliphatic carbocycles. The van der Waals surface area contributed by atoms with E-state index in [9.17, 15) is 0 Å². The van der Waals surface area contributed by atoms with E-state index >= 15 is 0 Å². The van der Waals surface area contributed by atoms with E-state index in [0.717, 1.165) is 24.3 Å². The third-order valence-electron chi connectivity index (χ3n) is 3.86. The van der Waals surface area contributed by atoms with E-state index < -0.39 is 0 Å². The van der Waals surface area contributed by atoms with Crippen LogP contribution in [0.1, 0.15) is 47.5 Å². The average molecular weight is 185 g/mol. The molecular formula is C12H27N. The van der Waals surface area contributed by atoms with Gasteiger partial charge in [0.2, 0.25) is 0 Å². The first-order valence-electron chi connectivity index (χ1n) is 5.78. The van der Waals surface area contributed by atoms with Gasteiger partial charge in [-0.1, -0.05) is 47.5 Å². The molecule has 0 aliphatic heterocycles. The molecule has 13 heavy (non-hydrogen) atoms. The minimum atomic E-state index is 0.708. The summed E-state index contributed by atoms with van der Waals surface area (Å²) in [5.41, 5.74) is 5.84. The summed E-state index contributed by atoms with van der Waals surface area (Å²) in [5, 5.41) is 0. The van der Waals surface area contributed by atoms with Gasteiger partial charge in [-0.25, -0.2) is 0 Å². The molecule has 0 bridgehead atoms. The van der Waals surface area contributed by atoms with Gasteiger partial charge in [-0.05, 0) is 30.2 Å². The van der Waals surface area contributed by atoms with Crippen LogP contribution in [0.15, 0.2) is 0 Å². The van der Waals surface area contributed by atoms with Gasteiger partial charge >= 0.3 is 0 Å². The Bertz CT molecular complexity index is 122. The molecule has 0 amide bonds. The Morgan fingerprint density at radius 2 is 1.38 bits per heavy atom. The van der Waals surface area contributed by atoms with Crippen molar-refractivity contribution in [2.24, 2.45) is 29.4 Å². The molecule has 1 heteroatoms. The Hall–Kier alpha value is -0.0400. The Morgan fingerprint density at radius 3 is 1.69 bits per heavy atom. The summed E-state index contributed by atoms with van der Waals surface area (Å²) < 4.78 is 0. The SMILES string of the molecule is CCC(C)C(C)C(CN)C(C)CC. The monoisotopic (exact) mass is 185 g/mol. The van der Waals surface area contributed by atoms with Crippen LogP contribution >= 0.6 is 0 Å². The van der Waals surface area contributed by atoms with Crippen LogP contribution in [0, 0.1) is 23.7 Å². The second kappa shape index (κ2) is 6.42. The van der Waals surface area contributed by atoms with Crippen molar-refractivity contribution in [1.29, 1.82) is 0 Å². The van der Waals surface area contributed by atoms with Crippen molar-refractivity contribution in [2.75, 3.05) is 6.54 Å². The third-order valence-corrected chi connectivity index (χ3v) is 3.86. The zero-order valence-electron chi connectivity index (χ0n) is 10.0. The van der Waals surface area contributed by atoms with Crippen LogP contribution in [-0.2, 0) is 0 Å². The Balaban J connectivity index is 4.21. The smallest absolute Gasteiger partial charge is 0.00437 e. The number of hydrogen-bond acceptors (Lipinski definition) is 1. The molecule has 0 saturated heterocycles. The molecule has 0 heterocycles. The van der Waals surface area contributed by atoms with Crippen molar-refractivity contribution >= 4 is 0 Å². The van der Waals surface area contributed by atoms with Crippen molar-refractivity contribution in [3.63, 3.8) is 0 Å². The second-order valence-corrected chi connectivity index (χ2v) is 4.53. The first-order valence-corrected chi connectivity index (χ1v) is 5.78. The fourth-order valence-corrected chi connectivity index (χ4v) is 2.06. The van der Waals surface area contributed by atoms with E-state index in [1.54, 1.807) is 0 Å². The lowest BCUT2D eigenvalue weighted by Gasteiger charge is -2.31. The summed E-state index contributed by atoms with van der Waals surface area (Å²) in [4.78, 5) is 0. The molecule has 0 saturated carbocycles. The normalized spacial score (nSPS) is 20.8. The molecule has 2 N–H and O–H groups in total. The maximum absolute atomic E-state index is 5.84. The Kier molecular flexibility index (Phi) is 6.40. The molecule has 1 nitrogen and oxygen atoms in total. The Morgan fingerprint density at radius 1 is 0.923 bits per heavy atom. The zero-order chi connectivity index (χ0) is 10.4. The van der Waals surface area contributed by atoms with Crippen LogP contribution in [-0.4, -0.2) is 6.54 Å². The van der Waals surface area contributed by atoms with Gasteiger partial charge in [-0.15, -0.1) is 0 Å². The predicted molar refractivity (Wildman–Crippen MR) is 60.6 cm³/mol. The number of hydrogen-bond donors (Lipinski definition) is 1. The molecule has 0 aromatic heterocycles. The molecule has 0 spiro atoms. The van der Waals surface area contributed by atoms with Crippen molar-refractivity contribution in [2.45, 2.75) is 47.5 Å². The maximum Gasteiger partial charge on any atom is -0.00437 e. The highest BCUT2D eigenvalue weighted by Gasteiger charge is 2.24. The van der Waals surface area contributed by atoms with E-state index in [-0.39, 0.29) is 0 Å². The van der Waals surface area contributed by atoms with Crippen molar-refractivity contribution < 1.29 is 0 Å². The van der Waals surface area contributed by atoms with Gasteiger partial charge in [0.05, 0.1) is 0 Å². The lowest BCUT2D eigenvalue weighted by atomic mass is 9.75. The summed E-state index contributed by atoms with van der Waals surface area (Å²) in [5.74, 6) is 3.06. The highest BCUT2D eigenvalue weighted by molar-refractivity contribution is 4.75. The topological polar surface area (TPSA) is 26.0 Å². The maximum atomic E-state index is 5.84. The first kappa shape index (κ1) is 13.0. The lowest BCUT2D eigenvalue weighted by molar-refractivity contribution is 0.193. The van der Waals surface area contributed by atoms with Gasteiger partial charge in [0.25, 0.3) is 0 Å². The molecule has 0 rings (SSSR count). The summed E-state index contributed by atoms with van der Waals surface area (Å²) >= 11 is 0. The van der Waals surface area contributed by atoms with Crippen LogP contribution in [0.5, 0.6) is 0 Å². The minimum absolute atomic E-state index is 0.708. The van der Waals surface area contributed by atoms with E-state index in [4.69, 9.17) is 5.73 Å². The van der Waals surface area contributed by atoms with Crippen molar-refractivity contribution in [1.82, 2.24) is 0 Å². The first-order chi connectivity index (χ1) is 6.08. The number of nitrogens with two attached hydrogens (primary N) is 1. The standard InChI is InChI=1S/C12H27N/c1-6-9(3)11(5)12(8-13)10(4)7-2/h9-12H,6-8,13H2,1-5H3. The zero-order valence-corrected chi connectivity index (χ0v) is 10.0. The third kappa shape index (κ3) is 3.68. The van der Waals surface area contributed by atoms with Gasteiger partial charge < -0.3 is 5.73 Å². The summed E-state index contributed by atoms with van der Waals surface area (Å²) in [7, 11) is 0. The largest absolute Gasteiger partial charge is 0.330 e. The van der Waals surface area contributed by atoms with Crippen LogP contribution in [0.3, 0.4) is 0 Å². The van der Waals surface area contributed by atoms with E-state index in [1.165, 1.54) is 12.8 Å². The lowest BCUT2D eigenvalue weighted by Crippen LogP contribution is -2.30. The minimum Gasteiger partial charge on any atom is -0.330 e. The van der Waals surface area contributed by atoms with Gasteiger partial charge in [0.1, 0.15) is 0 Å². The van der Waals surface area contributed by atoms with Gasteiger partial charge in [-0.2, -0.15) is 0 Å². The Labute approximate surface area is 84.1 Å². The van der Waals surface area contributed by atoms with E-state index in [2.05, 4.69) is 34.6 Å². The van der Waals surface area contributed by atoms with E-state index in [0.29, 0.717) is 5.92 Å². The van der Waals surface area contributed by atoms with Crippen LogP contribution < -0.4 is 5.73 Å². The average Bonchev–Trinajstić information content (AvgIpc) is 2.17. The highest BCUT2D eigenvalue weighted by Crippen LogP contribution is 2.29. The fourth-order valence-electron chi connectivity index (χ4n) is 2.06. The van der Waals surface area contributed by atoms with Crippen LogP contribution in [0.25, 0.3) is 0 Å². The number of rotatable bonds is 6. The fraction of sp³-hybridized carbons (Fsp3) is 1.00. The van der Waals surface area contributed by atoms with Crippen molar-refractivity contribution in [3.8, 4) is 0 Å². The van der Waals surface area contributed by atoms with Crippen LogP contribution in [0.4, 0.5) is 0 Å². The summed E-state index contributed by atoms with van der Waals surface area (Å²) in [6, 6.07) is 0. The molecule has 0 fully saturated rings. The highest BCUT2D eigenvalue weighted by atomic mass is 14.6.